The van der Waals surface area contributed by atoms with Crippen molar-refractivity contribution in [3.05, 3.63) is 82.9 Å². The molecule has 6 nitrogen and oxygen atoms in total. The number of Topliss-reactive ketones (excluding diaryl/α,β-unsaturated/α-hetero) is 1. The third kappa shape index (κ3) is 3.88. The Morgan fingerprint density at radius 3 is 2.42 bits per heavy atom. The highest BCUT2D eigenvalue weighted by atomic mass is 32.2. The second-order valence-electron chi connectivity index (χ2n) is 5.29. The second kappa shape index (κ2) is 7.21. The quantitative estimate of drug-likeness (QED) is 0.776. The molecule has 136 valence electrons. The van der Waals surface area contributed by atoms with Crippen molar-refractivity contribution in [1.82, 2.24) is 0 Å². The number of hydrogen-bond donors (Lipinski definition) is 1. The molecule has 0 bridgehead atoms. The SMILES string of the molecule is [2H]C([2H])(C)c1ccc([C@]2([2H])OC(N)=C(OS(=O)(=O)C([2H])([2H])c3ccccc3)C2=O)cc1. The largest absolute Gasteiger partial charge is 0.460 e. The monoisotopic (exact) mass is 378 g/mol. The van der Waals surface area contributed by atoms with E-state index in [1.807, 2.05) is 0 Å². The first-order valence-electron chi connectivity index (χ1n) is 10.0. The zero-order valence-electron chi connectivity index (χ0n) is 18.7. The smallest absolute Gasteiger partial charge is 0.313 e. The van der Waals surface area contributed by atoms with Crippen LogP contribution in [0.3, 0.4) is 0 Å². The van der Waals surface area contributed by atoms with E-state index in [-0.39, 0.29) is 11.1 Å². The van der Waals surface area contributed by atoms with Gasteiger partial charge < -0.3 is 14.7 Å². The van der Waals surface area contributed by atoms with Gasteiger partial charge in [-0.1, -0.05) is 61.5 Å². The molecule has 1 aliphatic heterocycles. The minimum absolute atomic E-state index is 0.0319. The van der Waals surface area contributed by atoms with E-state index in [9.17, 15) is 13.2 Å². The number of carbonyl (C=O) groups excluding carboxylic acids is 1. The molecule has 0 aromatic heterocycles. The van der Waals surface area contributed by atoms with Crippen molar-refractivity contribution >= 4 is 15.9 Å². The Morgan fingerprint density at radius 1 is 1.15 bits per heavy atom. The summed E-state index contributed by atoms with van der Waals surface area (Å²) in [5, 5.41) is 0. The van der Waals surface area contributed by atoms with E-state index in [1.54, 1.807) is 6.07 Å². The molecule has 0 saturated heterocycles. The predicted molar refractivity (Wildman–Crippen MR) is 96.0 cm³/mol. The van der Waals surface area contributed by atoms with Crippen LogP contribution in [0.1, 0.15) is 36.5 Å². The van der Waals surface area contributed by atoms with Crippen molar-refractivity contribution in [2.75, 3.05) is 0 Å². The van der Waals surface area contributed by atoms with E-state index in [1.165, 1.54) is 55.5 Å². The third-order valence-electron chi connectivity index (χ3n) is 3.49. The molecule has 7 heteroatoms. The number of hydrogen-bond acceptors (Lipinski definition) is 6. The van der Waals surface area contributed by atoms with Crippen LogP contribution >= 0.6 is 0 Å². The van der Waals surface area contributed by atoms with Crippen LogP contribution < -0.4 is 5.73 Å². The predicted octanol–water partition coefficient (Wildman–Crippen LogP) is 2.56. The molecule has 3 rings (SSSR count). The van der Waals surface area contributed by atoms with E-state index < -0.39 is 45.7 Å². The summed E-state index contributed by atoms with van der Waals surface area (Å²) in [4.78, 5) is 12.8. The standard InChI is InChI=1S/C19H19NO5S/c1-2-13-8-10-15(11-9-13)17-16(21)18(19(20)24-17)25-26(22,23)12-14-6-4-3-5-7-14/h3-11,17H,2,12,20H2,1H3/t17-/m0/s1/i2D2,12D2,17D. The summed E-state index contributed by atoms with van der Waals surface area (Å²) in [6, 6.07) is 12.2. The van der Waals surface area contributed by atoms with Crippen molar-refractivity contribution in [1.29, 1.82) is 0 Å². The van der Waals surface area contributed by atoms with Crippen LogP contribution in [0, 0.1) is 0 Å². The van der Waals surface area contributed by atoms with Gasteiger partial charge in [-0.25, -0.2) is 0 Å². The maximum absolute atomic E-state index is 12.8. The Labute approximate surface area is 159 Å². The molecule has 0 spiro atoms. The minimum atomic E-state index is -5.06. The van der Waals surface area contributed by atoms with Gasteiger partial charge in [0, 0.05) is 8.30 Å². The van der Waals surface area contributed by atoms with Crippen LogP contribution in [0.25, 0.3) is 0 Å². The second-order valence-corrected chi connectivity index (χ2v) is 6.57. The van der Waals surface area contributed by atoms with Gasteiger partial charge in [-0.15, -0.1) is 0 Å². The van der Waals surface area contributed by atoms with Gasteiger partial charge in [-0.2, -0.15) is 8.42 Å². The van der Waals surface area contributed by atoms with Gasteiger partial charge in [-0.05, 0) is 17.5 Å². The van der Waals surface area contributed by atoms with E-state index >= 15 is 0 Å². The van der Waals surface area contributed by atoms with Crippen molar-refractivity contribution in [3.63, 3.8) is 0 Å². The Balaban J connectivity index is 1.91. The van der Waals surface area contributed by atoms with Crippen molar-refractivity contribution in [2.45, 2.75) is 25.1 Å². The summed E-state index contributed by atoms with van der Waals surface area (Å²) in [6.45, 7) is 1.34. The van der Waals surface area contributed by atoms with E-state index in [2.05, 4.69) is 0 Å². The summed E-state index contributed by atoms with van der Waals surface area (Å²) in [7, 11) is -5.06. The number of rotatable bonds is 6. The maximum atomic E-state index is 12.8. The Hall–Kier alpha value is -2.80. The molecule has 0 amide bonds. The zero-order chi connectivity index (χ0) is 23.2. The number of ketones is 1. The van der Waals surface area contributed by atoms with Crippen LogP contribution in [-0.4, -0.2) is 14.2 Å². The lowest BCUT2D eigenvalue weighted by molar-refractivity contribution is -0.123. The Morgan fingerprint density at radius 2 is 1.81 bits per heavy atom. The lowest BCUT2D eigenvalue weighted by Crippen LogP contribution is -2.16. The normalized spacial score (nSPS) is 24.0. The Bertz CT molecular complexity index is 1140. The van der Waals surface area contributed by atoms with Gasteiger partial charge in [0.05, 0.1) is 4.11 Å². The van der Waals surface area contributed by atoms with Gasteiger partial charge in [0.25, 0.3) is 0 Å². The van der Waals surface area contributed by atoms with E-state index in [4.69, 9.17) is 21.5 Å². The first-order chi connectivity index (χ1) is 14.2. The molecule has 1 aliphatic rings. The molecule has 26 heavy (non-hydrogen) atoms. The number of aryl methyl sites for hydroxylation is 1. The number of nitrogens with two attached hydrogens (primary N) is 1. The average Bonchev–Trinajstić information content (AvgIpc) is 2.91. The van der Waals surface area contributed by atoms with Crippen LogP contribution in [0.5, 0.6) is 0 Å². The number of benzene rings is 2. The van der Waals surface area contributed by atoms with Gasteiger partial charge in [0.2, 0.25) is 17.4 Å². The van der Waals surface area contributed by atoms with Crippen molar-refractivity contribution < 1.29 is 29.0 Å². The molecular weight excluding hydrogens is 354 g/mol. The first-order valence-corrected chi connectivity index (χ1v) is 8.95. The van der Waals surface area contributed by atoms with Crippen LogP contribution in [0.4, 0.5) is 0 Å². The van der Waals surface area contributed by atoms with Crippen LogP contribution in [0.15, 0.2) is 66.2 Å². The summed E-state index contributed by atoms with van der Waals surface area (Å²) >= 11 is 0. The maximum Gasteiger partial charge on any atom is 0.313 e. The van der Waals surface area contributed by atoms with Gasteiger partial charge >= 0.3 is 10.1 Å². The molecule has 2 N–H and O–H groups in total. The summed E-state index contributed by atoms with van der Waals surface area (Å²) in [5.74, 6) is -3.00. The average molecular weight is 378 g/mol. The molecule has 0 radical (unpaired) electrons. The molecule has 0 fully saturated rings. The summed E-state index contributed by atoms with van der Waals surface area (Å²) in [5.41, 5.74) is 2.65. The summed E-state index contributed by atoms with van der Waals surface area (Å²) in [6.07, 6.45) is -4.12. The topological polar surface area (TPSA) is 95.7 Å². The van der Waals surface area contributed by atoms with Crippen molar-refractivity contribution in [2.24, 2.45) is 5.73 Å². The fourth-order valence-electron chi connectivity index (χ4n) is 2.26. The lowest BCUT2D eigenvalue weighted by Gasteiger charge is -2.10. The highest BCUT2D eigenvalue weighted by Gasteiger charge is 2.39. The molecule has 2 aromatic rings. The molecule has 2 aromatic carbocycles. The molecule has 0 aliphatic carbocycles. The van der Waals surface area contributed by atoms with Crippen molar-refractivity contribution in [3.8, 4) is 0 Å². The number of carbonyl (C=O) groups is 1. The third-order valence-corrected chi connectivity index (χ3v) is 4.37. The Kier molecular flexibility index (Phi) is 3.48. The molecule has 0 saturated carbocycles. The fraction of sp³-hybridized carbons (Fsp3) is 0.211. The van der Waals surface area contributed by atoms with E-state index in [0.717, 1.165) is 0 Å². The first kappa shape index (κ1) is 12.5. The van der Waals surface area contributed by atoms with Gasteiger partial charge in [-0.3, -0.25) is 4.79 Å². The number of ether oxygens (including phenoxy) is 1. The summed E-state index contributed by atoms with van der Waals surface area (Å²) < 4.78 is 74.8. The highest BCUT2D eigenvalue weighted by molar-refractivity contribution is 7.86. The molecule has 0 unspecified atom stereocenters. The minimum Gasteiger partial charge on any atom is -0.460 e. The zero-order valence-corrected chi connectivity index (χ0v) is 14.5. The molecule has 1 atom stereocenters. The van der Waals surface area contributed by atoms with Crippen LogP contribution in [0.2, 0.25) is 0 Å². The highest BCUT2D eigenvalue weighted by Crippen LogP contribution is 2.32. The van der Waals surface area contributed by atoms with Crippen LogP contribution in [-0.2, 0) is 35.9 Å². The van der Waals surface area contributed by atoms with Gasteiger partial charge in [0.15, 0.2) is 6.08 Å². The molecule has 1 heterocycles. The van der Waals surface area contributed by atoms with E-state index in [0.29, 0.717) is 5.56 Å². The lowest BCUT2D eigenvalue weighted by atomic mass is 10.0. The fourth-order valence-corrected chi connectivity index (χ4v) is 3.10. The van der Waals surface area contributed by atoms with Gasteiger partial charge in [0.1, 0.15) is 5.70 Å². The molecular formula is C19H19NO5S.